The number of ketones is 1. The maximum Gasteiger partial charge on any atom is 0.210 e. The van der Waals surface area contributed by atoms with E-state index in [2.05, 4.69) is 0 Å². The minimum atomic E-state index is -1.12. The van der Waals surface area contributed by atoms with E-state index in [1.54, 1.807) is 44.4 Å². The lowest BCUT2D eigenvalue weighted by Gasteiger charge is -2.18. The molecule has 0 bridgehead atoms. The highest BCUT2D eigenvalue weighted by molar-refractivity contribution is 7.98. The summed E-state index contributed by atoms with van der Waals surface area (Å²) in [4.78, 5) is 13.2. The zero-order chi connectivity index (χ0) is 17.5. The highest BCUT2D eigenvalue weighted by Gasteiger charge is 2.43. The summed E-state index contributed by atoms with van der Waals surface area (Å²) in [6.45, 7) is 3.24. The normalized spacial score (nSPS) is 16.5. The predicted molar refractivity (Wildman–Crippen MR) is 91.6 cm³/mol. The second-order valence-corrected chi connectivity index (χ2v) is 6.82. The number of Topliss-reactive ketones (excluding diaryl/α,β-unsaturated/α-hetero) is 1. The first-order valence-corrected chi connectivity index (χ1v) is 8.64. The first-order chi connectivity index (χ1) is 11.3. The van der Waals surface area contributed by atoms with Gasteiger partial charge in [-0.1, -0.05) is 18.2 Å². The molecule has 2 nitrogen and oxygen atoms in total. The van der Waals surface area contributed by atoms with Gasteiger partial charge < -0.3 is 4.74 Å². The van der Waals surface area contributed by atoms with Crippen molar-refractivity contribution in [2.24, 2.45) is 0 Å². The molecule has 2 aromatic rings. The molecule has 0 radical (unpaired) electrons. The SMILES string of the molecule is CSc1ccc(C2=C(c3ccccc3F)C(=O)C(C)(C)O2)cc1F. The summed E-state index contributed by atoms with van der Waals surface area (Å²) in [7, 11) is 0. The van der Waals surface area contributed by atoms with E-state index in [-0.39, 0.29) is 22.7 Å². The van der Waals surface area contributed by atoms with E-state index in [0.29, 0.717) is 10.5 Å². The Morgan fingerprint density at radius 1 is 1.04 bits per heavy atom. The Morgan fingerprint density at radius 2 is 1.75 bits per heavy atom. The molecule has 0 amide bonds. The van der Waals surface area contributed by atoms with Crippen molar-refractivity contribution in [1.29, 1.82) is 0 Å². The minimum absolute atomic E-state index is 0.148. The Balaban J connectivity index is 2.22. The average Bonchev–Trinajstić information content (AvgIpc) is 2.78. The van der Waals surface area contributed by atoms with E-state index >= 15 is 0 Å². The Kier molecular flexibility index (Phi) is 4.22. The summed E-state index contributed by atoms with van der Waals surface area (Å²) in [6, 6.07) is 10.6. The van der Waals surface area contributed by atoms with Crippen molar-refractivity contribution in [2.75, 3.05) is 6.26 Å². The third kappa shape index (κ3) is 2.73. The molecule has 0 N–H and O–H groups in total. The highest BCUT2D eigenvalue weighted by Crippen LogP contribution is 2.42. The molecule has 0 unspecified atom stereocenters. The first kappa shape index (κ1) is 16.7. The number of halogens is 2. The van der Waals surface area contributed by atoms with Crippen molar-refractivity contribution in [3.05, 3.63) is 65.2 Å². The molecular formula is C19H16F2O2S. The summed E-state index contributed by atoms with van der Waals surface area (Å²) in [5.41, 5.74) is -0.393. The van der Waals surface area contributed by atoms with Crippen molar-refractivity contribution in [1.82, 2.24) is 0 Å². The van der Waals surface area contributed by atoms with Crippen LogP contribution in [0.3, 0.4) is 0 Å². The van der Waals surface area contributed by atoms with Gasteiger partial charge in [-0.15, -0.1) is 11.8 Å². The molecule has 5 heteroatoms. The van der Waals surface area contributed by atoms with E-state index < -0.39 is 17.2 Å². The second-order valence-electron chi connectivity index (χ2n) is 5.97. The van der Waals surface area contributed by atoms with Crippen LogP contribution in [0.1, 0.15) is 25.0 Å². The largest absolute Gasteiger partial charge is 0.478 e. The van der Waals surface area contributed by atoms with Crippen molar-refractivity contribution >= 4 is 28.9 Å². The minimum Gasteiger partial charge on any atom is -0.478 e. The number of hydrogen-bond donors (Lipinski definition) is 0. The first-order valence-electron chi connectivity index (χ1n) is 7.42. The molecule has 24 heavy (non-hydrogen) atoms. The van der Waals surface area contributed by atoms with Gasteiger partial charge in [0, 0.05) is 16.0 Å². The molecule has 0 saturated heterocycles. The summed E-state index contributed by atoms with van der Waals surface area (Å²) in [5.74, 6) is -1.03. The van der Waals surface area contributed by atoms with Crippen molar-refractivity contribution in [3.63, 3.8) is 0 Å². The lowest BCUT2D eigenvalue weighted by atomic mass is 9.92. The van der Waals surface area contributed by atoms with Gasteiger partial charge in [0.05, 0.1) is 5.57 Å². The van der Waals surface area contributed by atoms with Crippen LogP contribution in [0.2, 0.25) is 0 Å². The van der Waals surface area contributed by atoms with Crippen molar-refractivity contribution in [3.8, 4) is 0 Å². The van der Waals surface area contributed by atoms with E-state index in [1.807, 2.05) is 0 Å². The van der Waals surface area contributed by atoms with Crippen LogP contribution in [0.15, 0.2) is 47.4 Å². The van der Waals surface area contributed by atoms with E-state index in [0.717, 1.165) is 0 Å². The second kappa shape index (κ2) is 6.06. The van der Waals surface area contributed by atoms with Crippen LogP contribution in [0.4, 0.5) is 8.78 Å². The zero-order valence-corrected chi connectivity index (χ0v) is 14.3. The molecule has 0 saturated carbocycles. The number of thioether (sulfide) groups is 1. The van der Waals surface area contributed by atoms with Gasteiger partial charge in [-0.2, -0.15) is 0 Å². The van der Waals surface area contributed by atoms with Crippen LogP contribution >= 0.6 is 11.8 Å². The molecule has 124 valence electrons. The molecule has 2 aromatic carbocycles. The number of hydrogen-bond acceptors (Lipinski definition) is 3. The van der Waals surface area contributed by atoms with Crippen LogP contribution < -0.4 is 0 Å². The van der Waals surface area contributed by atoms with Crippen LogP contribution in [0.25, 0.3) is 11.3 Å². The molecule has 0 fully saturated rings. The zero-order valence-electron chi connectivity index (χ0n) is 13.5. The fourth-order valence-electron chi connectivity index (χ4n) is 2.68. The van der Waals surface area contributed by atoms with Crippen LogP contribution in [-0.2, 0) is 9.53 Å². The fraction of sp³-hybridized carbons (Fsp3) is 0.211. The predicted octanol–water partition coefficient (Wildman–Crippen LogP) is 4.93. The molecule has 0 spiro atoms. The van der Waals surface area contributed by atoms with E-state index in [4.69, 9.17) is 4.74 Å². The summed E-state index contributed by atoms with van der Waals surface area (Å²) in [5, 5.41) is 0. The van der Waals surface area contributed by atoms with Crippen LogP contribution in [0, 0.1) is 11.6 Å². The molecule has 3 rings (SSSR count). The molecular weight excluding hydrogens is 330 g/mol. The smallest absolute Gasteiger partial charge is 0.210 e. The summed E-state index contributed by atoms with van der Waals surface area (Å²) in [6.07, 6.45) is 1.78. The van der Waals surface area contributed by atoms with Gasteiger partial charge in [0.15, 0.2) is 5.60 Å². The maximum atomic E-state index is 14.2. The Labute approximate surface area is 143 Å². The van der Waals surface area contributed by atoms with Gasteiger partial charge >= 0.3 is 0 Å². The van der Waals surface area contributed by atoms with Crippen LogP contribution in [0.5, 0.6) is 0 Å². The fourth-order valence-corrected chi connectivity index (χ4v) is 3.13. The highest BCUT2D eigenvalue weighted by atomic mass is 32.2. The topological polar surface area (TPSA) is 26.3 Å². The van der Waals surface area contributed by atoms with E-state index in [9.17, 15) is 13.6 Å². The van der Waals surface area contributed by atoms with Gasteiger partial charge in [0.2, 0.25) is 5.78 Å². The molecule has 1 aliphatic heterocycles. The number of rotatable bonds is 3. The van der Waals surface area contributed by atoms with Gasteiger partial charge in [-0.3, -0.25) is 4.79 Å². The van der Waals surface area contributed by atoms with Gasteiger partial charge in [0.25, 0.3) is 0 Å². The third-order valence-electron chi connectivity index (χ3n) is 3.92. The number of benzene rings is 2. The lowest BCUT2D eigenvalue weighted by Crippen LogP contribution is -2.29. The maximum absolute atomic E-state index is 14.2. The monoisotopic (exact) mass is 346 g/mol. The van der Waals surface area contributed by atoms with Gasteiger partial charge in [-0.25, -0.2) is 8.78 Å². The Hall–Kier alpha value is -2.14. The molecule has 0 atom stereocenters. The lowest BCUT2D eigenvalue weighted by molar-refractivity contribution is -0.125. The Bertz CT molecular complexity index is 856. The molecule has 0 aliphatic carbocycles. The van der Waals surface area contributed by atoms with Crippen LogP contribution in [-0.4, -0.2) is 17.6 Å². The van der Waals surface area contributed by atoms with Gasteiger partial charge in [0.1, 0.15) is 17.4 Å². The summed E-state index contributed by atoms with van der Waals surface area (Å²) < 4.78 is 34.2. The number of carbonyl (C=O) groups is 1. The summed E-state index contributed by atoms with van der Waals surface area (Å²) >= 11 is 1.29. The van der Waals surface area contributed by atoms with Gasteiger partial charge in [-0.05, 0) is 44.4 Å². The number of carbonyl (C=O) groups excluding carboxylic acids is 1. The quantitative estimate of drug-likeness (QED) is 0.737. The van der Waals surface area contributed by atoms with Crippen molar-refractivity contribution < 1.29 is 18.3 Å². The third-order valence-corrected chi connectivity index (χ3v) is 4.69. The average molecular weight is 346 g/mol. The number of ether oxygens (including phenoxy) is 1. The van der Waals surface area contributed by atoms with Crippen molar-refractivity contribution in [2.45, 2.75) is 24.3 Å². The standard InChI is InChI=1S/C19H16F2O2S/c1-19(2)18(22)16(12-6-4-5-7-13(12)20)17(23-19)11-8-9-15(24-3)14(21)10-11/h4-10H,1-3H3. The Morgan fingerprint density at radius 3 is 2.38 bits per heavy atom. The van der Waals surface area contributed by atoms with E-state index in [1.165, 1.54) is 30.0 Å². The molecule has 0 aromatic heterocycles. The molecule has 1 heterocycles. The molecule has 1 aliphatic rings.